The van der Waals surface area contributed by atoms with E-state index in [4.69, 9.17) is 34.8 Å². The molecule has 0 atom stereocenters. The van der Waals surface area contributed by atoms with Crippen molar-refractivity contribution in [2.24, 2.45) is 0 Å². The van der Waals surface area contributed by atoms with E-state index in [0.717, 1.165) is 16.4 Å². The van der Waals surface area contributed by atoms with Crippen molar-refractivity contribution in [2.45, 2.75) is 4.90 Å². The minimum absolute atomic E-state index is 0.143. The van der Waals surface area contributed by atoms with Crippen molar-refractivity contribution in [3.8, 4) is 11.3 Å². The summed E-state index contributed by atoms with van der Waals surface area (Å²) in [6.45, 7) is 1.82. The minimum Gasteiger partial charge on any atom is -0.345 e. The maximum absolute atomic E-state index is 12.9. The van der Waals surface area contributed by atoms with E-state index in [2.05, 4.69) is 9.88 Å². The molecule has 1 saturated heterocycles. The molecule has 3 aromatic rings. The van der Waals surface area contributed by atoms with Crippen LogP contribution >= 0.6 is 46.1 Å². The number of nitrogens with zero attached hydrogens (tertiary/aromatic N) is 3. The number of sulfonamides is 1. The van der Waals surface area contributed by atoms with Gasteiger partial charge in [-0.1, -0.05) is 46.9 Å². The van der Waals surface area contributed by atoms with E-state index in [1.54, 1.807) is 30.3 Å². The van der Waals surface area contributed by atoms with Gasteiger partial charge >= 0.3 is 0 Å². The van der Waals surface area contributed by atoms with Gasteiger partial charge in [0.25, 0.3) is 0 Å². The van der Waals surface area contributed by atoms with Crippen molar-refractivity contribution in [3.63, 3.8) is 0 Å². The lowest BCUT2D eigenvalue weighted by Crippen LogP contribution is -2.48. The van der Waals surface area contributed by atoms with Crippen LogP contribution < -0.4 is 4.90 Å². The fourth-order valence-corrected chi connectivity index (χ4v) is 6.44. The molecule has 0 amide bonds. The van der Waals surface area contributed by atoms with Gasteiger partial charge in [-0.15, -0.1) is 11.3 Å². The fourth-order valence-electron chi connectivity index (χ4n) is 3.14. The first-order chi connectivity index (χ1) is 13.9. The Bertz CT molecular complexity index is 1140. The maximum atomic E-state index is 12.9. The average molecular weight is 489 g/mol. The van der Waals surface area contributed by atoms with Gasteiger partial charge in [0, 0.05) is 42.1 Å². The number of halogens is 3. The Morgan fingerprint density at radius 3 is 2.34 bits per heavy atom. The van der Waals surface area contributed by atoms with Crippen molar-refractivity contribution >= 4 is 61.3 Å². The zero-order valence-corrected chi connectivity index (χ0v) is 19.0. The highest BCUT2D eigenvalue weighted by Crippen LogP contribution is 2.34. The fraction of sp³-hybridized carbons (Fsp3) is 0.211. The van der Waals surface area contributed by atoms with Gasteiger partial charge in [-0.05, 0) is 30.3 Å². The van der Waals surface area contributed by atoms with Gasteiger partial charge in [-0.3, -0.25) is 0 Å². The number of hydrogen-bond acceptors (Lipinski definition) is 5. The molecule has 152 valence electrons. The first-order valence-corrected chi connectivity index (χ1v) is 12.2. The molecular formula is C19H16Cl3N3O2S2. The molecule has 29 heavy (non-hydrogen) atoms. The Balaban J connectivity index is 1.48. The van der Waals surface area contributed by atoms with Gasteiger partial charge in [0.2, 0.25) is 10.0 Å². The molecule has 0 spiro atoms. The summed E-state index contributed by atoms with van der Waals surface area (Å²) in [7, 11) is -3.62. The first-order valence-electron chi connectivity index (χ1n) is 8.77. The topological polar surface area (TPSA) is 53.5 Å². The summed E-state index contributed by atoms with van der Waals surface area (Å²) < 4.78 is 27.2. The molecule has 4 rings (SSSR count). The van der Waals surface area contributed by atoms with Crippen LogP contribution in [0.2, 0.25) is 15.1 Å². The molecule has 2 heterocycles. The molecule has 0 saturated carbocycles. The lowest BCUT2D eigenvalue weighted by molar-refractivity contribution is 0.385. The number of aromatic nitrogens is 1. The van der Waals surface area contributed by atoms with Crippen molar-refractivity contribution in [2.75, 3.05) is 31.1 Å². The number of benzene rings is 2. The summed E-state index contributed by atoms with van der Waals surface area (Å²) in [6.07, 6.45) is 0. The van der Waals surface area contributed by atoms with Crippen LogP contribution in [0.3, 0.4) is 0 Å². The lowest BCUT2D eigenvalue weighted by Gasteiger charge is -2.33. The molecule has 10 heteroatoms. The van der Waals surface area contributed by atoms with E-state index < -0.39 is 10.0 Å². The third-order valence-corrected chi connectivity index (χ3v) is 8.51. The zero-order valence-electron chi connectivity index (χ0n) is 15.1. The molecule has 1 fully saturated rings. The van der Waals surface area contributed by atoms with E-state index in [0.29, 0.717) is 36.2 Å². The predicted molar refractivity (Wildman–Crippen MR) is 120 cm³/mol. The second-order valence-corrected chi connectivity index (χ2v) is 10.5. The highest BCUT2D eigenvalue weighted by atomic mass is 35.5. The largest absolute Gasteiger partial charge is 0.345 e. The van der Waals surface area contributed by atoms with Crippen LogP contribution in [-0.4, -0.2) is 43.9 Å². The van der Waals surface area contributed by atoms with Crippen molar-refractivity contribution in [3.05, 3.63) is 62.9 Å². The maximum Gasteiger partial charge on any atom is 0.244 e. The Morgan fingerprint density at radius 2 is 1.66 bits per heavy atom. The quantitative estimate of drug-likeness (QED) is 0.501. The van der Waals surface area contributed by atoms with E-state index in [-0.39, 0.29) is 9.92 Å². The Hall–Kier alpha value is -1.35. The average Bonchev–Trinajstić information content (AvgIpc) is 3.18. The molecular weight excluding hydrogens is 473 g/mol. The van der Waals surface area contributed by atoms with Crippen molar-refractivity contribution in [1.82, 2.24) is 9.29 Å². The monoisotopic (exact) mass is 487 g/mol. The SMILES string of the molecule is O=S(=O)(c1ccccc1Cl)N1CCN(c2nc(-c3ccc(Cl)cc3Cl)cs2)CC1. The van der Waals surface area contributed by atoms with Gasteiger partial charge in [0.1, 0.15) is 4.90 Å². The Morgan fingerprint density at radius 1 is 0.931 bits per heavy atom. The summed E-state index contributed by atoms with van der Waals surface area (Å²) in [5.41, 5.74) is 1.59. The number of anilines is 1. The molecule has 0 N–H and O–H groups in total. The van der Waals surface area contributed by atoms with Gasteiger partial charge in [-0.25, -0.2) is 13.4 Å². The second kappa shape index (κ2) is 8.41. The van der Waals surface area contributed by atoms with Crippen molar-refractivity contribution < 1.29 is 8.42 Å². The summed E-state index contributed by atoms with van der Waals surface area (Å²) in [4.78, 5) is 6.90. The van der Waals surface area contributed by atoms with E-state index in [1.807, 2.05) is 11.4 Å². The number of hydrogen-bond donors (Lipinski definition) is 0. The standard InChI is InChI=1S/C19H16Cl3N3O2S2/c20-13-5-6-14(16(22)11-13)17-12-28-19(23-17)24-7-9-25(10-8-24)29(26,27)18-4-2-1-3-15(18)21/h1-6,11-12H,7-10H2. The number of piperazine rings is 1. The van der Waals surface area contributed by atoms with Crippen LogP contribution in [0.25, 0.3) is 11.3 Å². The minimum atomic E-state index is -3.62. The molecule has 0 radical (unpaired) electrons. The third kappa shape index (κ3) is 4.26. The van der Waals surface area contributed by atoms with Crippen molar-refractivity contribution in [1.29, 1.82) is 0 Å². The molecule has 5 nitrogen and oxygen atoms in total. The molecule has 1 aromatic heterocycles. The van der Waals surface area contributed by atoms with Crippen LogP contribution in [0.15, 0.2) is 52.7 Å². The highest BCUT2D eigenvalue weighted by Gasteiger charge is 2.30. The van der Waals surface area contributed by atoms with Gasteiger partial charge in [0.15, 0.2) is 5.13 Å². The summed E-state index contributed by atoms with van der Waals surface area (Å²) in [6, 6.07) is 11.8. The third-order valence-electron chi connectivity index (χ3n) is 4.66. The van der Waals surface area contributed by atoms with Crippen LogP contribution in [0.1, 0.15) is 0 Å². The molecule has 2 aromatic carbocycles. The first kappa shape index (κ1) is 20.9. The molecule has 0 aliphatic carbocycles. The molecule has 1 aliphatic rings. The molecule has 0 unspecified atom stereocenters. The van der Waals surface area contributed by atoms with Crippen LogP contribution in [0.5, 0.6) is 0 Å². The van der Waals surface area contributed by atoms with E-state index in [9.17, 15) is 8.42 Å². The van der Waals surface area contributed by atoms with E-state index >= 15 is 0 Å². The Kier molecular flexibility index (Phi) is 6.06. The van der Waals surface area contributed by atoms with Gasteiger partial charge < -0.3 is 4.90 Å². The summed E-state index contributed by atoms with van der Waals surface area (Å²) in [5, 5.41) is 4.13. The predicted octanol–water partition coefficient (Wildman–Crippen LogP) is 5.28. The molecule has 1 aliphatic heterocycles. The number of thiazole rings is 1. The van der Waals surface area contributed by atoms with Crippen LogP contribution in [0, 0.1) is 0 Å². The van der Waals surface area contributed by atoms with Crippen LogP contribution in [0.4, 0.5) is 5.13 Å². The summed E-state index contributed by atoms with van der Waals surface area (Å²) in [5.74, 6) is 0. The second-order valence-electron chi connectivity index (χ2n) is 6.46. The summed E-state index contributed by atoms with van der Waals surface area (Å²) >= 11 is 19.8. The zero-order chi connectivity index (χ0) is 20.6. The normalized spacial score (nSPS) is 15.6. The smallest absolute Gasteiger partial charge is 0.244 e. The highest BCUT2D eigenvalue weighted by molar-refractivity contribution is 7.89. The van der Waals surface area contributed by atoms with Gasteiger partial charge in [0.05, 0.1) is 15.7 Å². The Labute approximate surface area is 188 Å². The van der Waals surface area contributed by atoms with Crippen LogP contribution in [-0.2, 0) is 10.0 Å². The van der Waals surface area contributed by atoms with E-state index in [1.165, 1.54) is 21.7 Å². The number of rotatable bonds is 4. The molecule has 0 bridgehead atoms. The van der Waals surface area contributed by atoms with Gasteiger partial charge in [-0.2, -0.15) is 4.31 Å². The lowest BCUT2D eigenvalue weighted by atomic mass is 10.2.